The fraction of sp³-hybridized carbons (Fsp3) is 0. The smallest absolute Gasteiger partial charge is 0.339 e. The first-order valence-electron chi connectivity index (χ1n) is 6.21. The van der Waals surface area contributed by atoms with Gasteiger partial charge in [-0.25, -0.2) is 4.79 Å². The number of hydrogen-bond donors (Lipinski definition) is 1. The third-order valence-corrected chi connectivity index (χ3v) is 4.21. The molecular weight excluding hydrogens is 306 g/mol. The second-order valence-electron chi connectivity index (χ2n) is 4.41. The molecule has 0 bridgehead atoms. The molecule has 0 aliphatic heterocycles. The first-order chi connectivity index (χ1) is 10.2. The van der Waals surface area contributed by atoms with Gasteiger partial charge in [0.1, 0.15) is 5.56 Å². The van der Waals surface area contributed by atoms with Gasteiger partial charge in [-0.05, 0) is 29.2 Å². The number of aromatic nitrogens is 1. The van der Waals surface area contributed by atoms with Crippen molar-refractivity contribution >= 4 is 29.1 Å². The molecule has 3 rings (SSSR count). The van der Waals surface area contributed by atoms with E-state index in [1.807, 2.05) is 30.3 Å². The number of carboxylic acid groups (broad SMARTS) is 1. The lowest BCUT2D eigenvalue weighted by atomic mass is 10.0. The summed E-state index contributed by atoms with van der Waals surface area (Å²) in [5.41, 5.74) is 2.30. The molecule has 0 aliphatic carbocycles. The number of halogens is 1. The molecule has 0 spiro atoms. The zero-order chi connectivity index (χ0) is 14.8. The summed E-state index contributed by atoms with van der Waals surface area (Å²) in [5.74, 6) is -0.979. The van der Waals surface area contributed by atoms with Crippen molar-refractivity contribution < 1.29 is 9.90 Å². The quantitative estimate of drug-likeness (QED) is 0.753. The van der Waals surface area contributed by atoms with Gasteiger partial charge in [-0.3, -0.25) is 0 Å². The zero-order valence-corrected chi connectivity index (χ0v) is 12.4. The van der Waals surface area contributed by atoms with Gasteiger partial charge in [0.05, 0.1) is 10.6 Å². The van der Waals surface area contributed by atoms with Gasteiger partial charge in [-0.2, -0.15) is 4.37 Å². The van der Waals surface area contributed by atoms with Crippen molar-refractivity contribution in [2.75, 3.05) is 0 Å². The van der Waals surface area contributed by atoms with Gasteiger partial charge in [0.25, 0.3) is 0 Å². The summed E-state index contributed by atoms with van der Waals surface area (Å²) in [4.78, 5) is 12.3. The number of benzene rings is 2. The van der Waals surface area contributed by atoms with E-state index >= 15 is 0 Å². The third-order valence-electron chi connectivity index (χ3n) is 3.06. The van der Waals surface area contributed by atoms with Gasteiger partial charge in [-0.15, -0.1) is 0 Å². The molecule has 2 aromatic carbocycles. The van der Waals surface area contributed by atoms with Crippen LogP contribution < -0.4 is 0 Å². The number of nitrogens with zero attached hydrogens (tertiary/aromatic N) is 1. The second kappa shape index (κ2) is 5.68. The largest absolute Gasteiger partial charge is 0.478 e. The van der Waals surface area contributed by atoms with Crippen LogP contribution in [0.25, 0.3) is 21.7 Å². The average molecular weight is 316 g/mol. The summed E-state index contributed by atoms with van der Waals surface area (Å²) in [6.45, 7) is 0. The van der Waals surface area contributed by atoms with Gasteiger partial charge < -0.3 is 5.11 Å². The predicted octanol–water partition coefficient (Wildman–Crippen LogP) is 4.83. The normalized spacial score (nSPS) is 10.5. The number of aromatic carboxylic acids is 1. The Morgan fingerprint density at radius 3 is 2.29 bits per heavy atom. The molecule has 21 heavy (non-hydrogen) atoms. The van der Waals surface area contributed by atoms with Crippen LogP contribution in [0.1, 0.15) is 10.4 Å². The highest BCUT2D eigenvalue weighted by molar-refractivity contribution is 7.10. The Morgan fingerprint density at radius 1 is 1.00 bits per heavy atom. The van der Waals surface area contributed by atoms with Crippen molar-refractivity contribution in [3.05, 3.63) is 65.2 Å². The minimum atomic E-state index is -0.979. The summed E-state index contributed by atoms with van der Waals surface area (Å²) >= 11 is 7.06. The maximum absolute atomic E-state index is 11.7. The van der Waals surface area contributed by atoms with E-state index in [0.717, 1.165) is 11.1 Å². The Kier molecular flexibility index (Phi) is 3.73. The summed E-state index contributed by atoms with van der Waals surface area (Å²) in [7, 11) is 0. The maximum atomic E-state index is 11.7. The molecule has 3 nitrogen and oxygen atoms in total. The van der Waals surface area contributed by atoms with Crippen molar-refractivity contribution in [3.63, 3.8) is 0 Å². The van der Waals surface area contributed by atoms with E-state index in [1.54, 1.807) is 24.3 Å². The predicted molar refractivity (Wildman–Crippen MR) is 85.0 cm³/mol. The lowest BCUT2D eigenvalue weighted by Gasteiger charge is -2.02. The monoisotopic (exact) mass is 315 g/mol. The van der Waals surface area contributed by atoms with Crippen LogP contribution in [0.5, 0.6) is 0 Å². The van der Waals surface area contributed by atoms with Crippen LogP contribution in [0.3, 0.4) is 0 Å². The highest BCUT2D eigenvalue weighted by Crippen LogP contribution is 2.35. The van der Waals surface area contributed by atoms with Crippen LogP contribution in [0, 0.1) is 0 Å². The summed E-state index contributed by atoms with van der Waals surface area (Å²) in [6.07, 6.45) is 0. The van der Waals surface area contributed by atoms with Crippen molar-refractivity contribution in [3.8, 4) is 21.7 Å². The highest BCUT2D eigenvalue weighted by Gasteiger charge is 2.22. The molecule has 0 radical (unpaired) electrons. The minimum absolute atomic E-state index is 0.230. The lowest BCUT2D eigenvalue weighted by molar-refractivity contribution is 0.0699. The first-order valence-corrected chi connectivity index (χ1v) is 7.36. The molecule has 0 saturated carbocycles. The molecule has 1 aromatic heterocycles. The summed E-state index contributed by atoms with van der Waals surface area (Å²) in [6, 6.07) is 16.4. The number of carbonyl (C=O) groups is 1. The fourth-order valence-electron chi connectivity index (χ4n) is 2.08. The zero-order valence-electron chi connectivity index (χ0n) is 10.8. The number of hydrogen-bond acceptors (Lipinski definition) is 3. The molecule has 3 aromatic rings. The Labute approximate surface area is 130 Å². The van der Waals surface area contributed by atoms with Crippen molar-refractivity contribution in [2.24, 2.45) is 0 Å². The van der Waals surface area contributed by atoms with E-state index in [9.17, 15) is 9.90 Å². The maximum Gasteiger partial charge on any atom is 0.339 e. The molecule has 0 amide bonds. The molecule has 0 fully saturated rings. The molecular formula is C16H10ClNO2S. The second-order valence-corrected chi connectivity index (χ2v) is 5.62. The standard InChI is InChI=1S/C16H10ClNO2S/c17-12-8-6-10(7-9-12)14-13(16(19)20)15(21-18-14)11-4-2-1-3-5-11/h1-9H,(H,19,20). The Morgan fingerprint density at radius 2 is 1.67 bits per heavy atom. The van der Waals surface area contributed by atoms with Crippen LogP contribution in [-0.4, -0.2) is 15.4 Å². The van der Waals surface area contributed by atoms with E-state index in [0.29, 0.717) is 15.6 Å². The molecule has 0 unspecified atom stereocenters. The molecule has 104 valence electrons. The third kappa shape index (κ3) is 2.68. The van der Waals surface area contributed by atoms with E-state index in [-0.39, 0.29) is 5.56 Å². The van der Waals surface area contributed by atoms with Gasteiger partial charge >= 0.3 is 5.97 Å². The summed E-state index contributed by atoms with van der Waals surface area (Å²) < 4.78 is 4.33. The number of rotatable bonds is 3. The Bertz CT molecular complexity index is 782. The topological polar surface area (TPSA) is 50.2 Å². The molecule has 0 atom stereocenters. The van der Waals surface area contributed by atoms with Crippen LogP contribution in [0.15, 0.2) is 54.6 Å². The van der Waals surface area contributed by atoms with Gasteiger partial charge in [0.15, 0.2) is 0 Å². The minimum Gasteiger partial charge on any atom is -0.478 e. The highest BCUT2D eigenvalue weighted by atomic mass is 35.5. The Balaban J connectivity index is 2.17. The first kappa shape index (κ1) is 13.8. The van der Waals surface area contributed by atoms with E-state index in [4.69, 9.17) is 11.6 Å². The van der Waals surface area contributed by atoms with Gasteiger partial charge in [0.2, 0.25) is 0 Å². The van der Waals surface area contributed by atoms with Gasteiger partial charge in [0, 0.05) is 10.6 Å². The van der Waals surface area contributed by atoms with Crippen LogP contribution in [0.2, 0.25) is 5.02 Å². The van der Waals surface area contributed by atoms with Crippen LogP contribution in [0.4, 0.5) is 0 Å². The van der Waals surface area contributed by atoms with E-state index in [1.165, 1.54) is 11.5 Å². The molecule has 5 heteroatoms. The van der Waals surface area contributed by atoms with Crippen molar-refractivity contribution in [2.45, 2.75) is 0 Å². The van der Waals surface area contributed by atoms with Crippen molar-refractivity contribution in [1.29, 1.82) is 0 Å². The summed E-state index contributed by atoms with van der Waals surface area (Å²) in [5, 5.41) is 10.2. The van der Waals surface area contributed by atoms with Crippen LogP contribution in [-0.2, 0) is 0 Å². The van der Waals surface area contributed by atoms with E-state index < -0.39 is 5.97 Å². The number of carboxylic acids is 1. The van der Waals surface area contributed by atoms with Crippen LogP contribution >= 0.6 is 23.1 Å². The average Bonchev–Trinajstić information content (AvgIpc) is 2.94. The van der Waals surface area contributed by atoms with Crippen molar-refractivity contribution in [1.82, 2.24) is 4.37 Å². The molecule has 1 N–H and O–H groups in total. The lowest BCUT2D eigenvalue weighted by Crippen LogP contribution is -1.99. The SMILES string of the molecule is O=C(O)c1c(-c2ccc(Cl)cc2)nsc1-c1ccccc1. The fourth-order valence-corrected chi connectivity index (χ4v) is 3.10. The van der Waals surface area contributed by atoms with Gasteiger partial charge in [-0.1, -0.05) is 54.1 Å². The molecule has 0 saturated heterocycles. The van der Waals surface area contributed by atoms with E-state index in [2.05, 4.69) is 4.37 Å². The molecule has 1 heterocycles. The Hall–Kier alpha value is -2.17. The molecule has 0 aliphatic rings.